The Bertz CT molecular complexity index is 732. The predicted octanol–water partition coefficient (Wildman–Crippen LogP) is 4.49. The second-order valence-corrected chi connectivity index (χ2v) is 5.67. The molecule has 0 aliphatic carbocycles. The molecule has 1 heterocycles. The molecule has 128 valence electrons. The molecule has 1 amide bonds. The lowest BCUT2D eigenvalue weighted by Crippen LogP contribution is -2.18. The number of hydrogen-bond donors (Lipinski definition) is 2. The Kier molecular flexibility index (Phi) is 5.28. The van der Waals surface area contributed by atoms with Crippen molar-refractivity contribution >= 4 is 34.8 Å². The van der Waals surface area contributed by atoms with Crippen molar-refractivity contribution in [2.75, 3.05) is 10.6 Å². The molecule has 1 aromatic heterocycles. The van der Waals surface area contributed by atoms with Crippen LogP contribution in [0.5, 0.6) is 0 Å². The van der Waals surface area contributed by atoms with Crippen molar-refractivity contribution in [3.8, 4) is 0 Å². The number of anilines is 3. The molecule has 2 aromatic rings. The second kappa shape index (κ2) is 7.04. The van der Waals surface area contributed by atoms with Gasteiger partial charge < -0.3 is 10.6 Å². The quantitative estimate of drug-likeness (QED) is 0.845. The third-order valence-electron chi connectivity index (χ3n) is 2.98. The van der Waals surface area contributed by atoms with Crippen molar-refractivity contribution in [3.05, 3.63) is 40.9 Å². The van der Waals surface area contributed by atoms with Gasteiger partial charge in [-0.3, -0.25) is 4.79 Å². The minimum absolute atomic E-state index is 0.167. The van der Waals surface area contributed by atoms with Gasteiger partial charge in [-0.2, -0.15) is 13.2 Å². The number of aromatic nitrogens is 2. The Balaban J connectivity index is 2.13. The van der Waals surface area contributed by atoms with Gasteiger partial charge in [0.25, 0.3) is 0 Å². The van der Waals surface area contributed by atoms with Crippen molar-refractivity contribution < 1.29 is 18.0 Å². The number of benzene rings is 1. The van der Waals surface area contributed by atoms with Gasteiger partial charge in [-0.1, -0.05) is 25.4 Å². The standard InChI is InChI=1S/C15H14ClF3N4O/c1-8(2)14(24)21-13-6-5-12(22-23-13)20-9-3-4-11(16)10(7-9)15(17,18)19/h3-8H,1-2H3,(H,20,22)(H,21,23,24). The maximum atomic E-state index is 12.8. The summed E-state index contributed by atoms with van der Waals surface area (Å²) in [6.45, 7) is 3.47. The fourth-order valence-electron chi connectivity index (χ4n) is 1.70. The summed E-state index contributed by atoms with van der Waals surface area (Å²) in [6.07, 6.45) is -4.55. The van der Waals surface area contributed by atoms with Crippen LogP contribution in [0.1, 0.15) is 19.4 Å². The molecule has 9 heteroatoms. The molecule has 24 heavy (non-hydrogen) atoms. The number of alkyl halides is 3. The number of halogens is 4. The highest BCUT2D eigenvalue weighted by Gasteiger charge is 2.33. The van der Waals surface area contributed by atoms with E-state index in [2.05, 4.69) is 20.8 Å². The molecule has 2 N–H and O–H groups in total. The van der Waals surface area contributed by atoms with Crippen LogP contribution in [0.3, 0.4) is 0 Å². The van der Waals surface area contributed by atoms with Gasteiger partial charge in [0.15, 0.2) is 11.6 Å². The molecule has 0 fully saturated rings. The van der Waals surface area contributed by atoms with Gasteiger partial charge in [-0.25, -0.2) is 0 Å². The SMILES string of the molecule is CC(C)C(=O)Nc1ccc(Nc2ccc(Cl)c(C(F)(F)F)c2)nn1. The maximum Gasteiger partial charge on any atom is 0.417 e. The summed E-state index contributed by atoms with van der Waals surface area (Å²) >= 11 is 5.56. The van der Waals surface area contributed by atoms with E-state index in [-0.39, 0.29) is 34.2 Å². The predicted molar refractivity (Wildman–Crippen MR) is 85.2 cm³/mol. The lowest BCUT2D eigenvalue weighted by molar-refractivity contribution is -0.137. The van der Waals surface area contributed by atoms with Gasteiger partial charge in [0.2, 0.25) is 5.91 Å². The van der Waals surface area contributed by atoms with Gasteiger partial charge in [-0.15, -0.1) is 10.2 Å². The summed E-state index contributed by atoms with van der Waals surface area (Å²) in [5, 5.41) is 12.5. The number of hydrogen-bond acceptors (Lipinski definition) is 4. The minimum Gasteiger partial charge on any atom is -0.339 e. The van der Waals surface area contributed by atoms with Crippen LogP contribution in [-0.2, 0) is 11.0 Å². The first-order valence-corrected chi connectivity index (χ1v) is 7.33. The molecular formula is C15H14ClF3N4O. The minimum atomic E-state index is -4.55. The first-order chi connectivity index (χ1) is 11.2. The zero-order valence-corrected chi connectivity index (χ0v) is 13.5. The Hall–Kier alpha value is -2.35. The molecule has 0 spiro atoms. The number of carbonyl (C=O) groups excluding carboxylic acids is 1. The number of rotatable bonds is 4. The van der Waals surface area contributed by atoms with Crippen LogP contribution in [-0.4, -0.2) is 16.1 Å². The molecule has 2 rings (SSSR count). The molecule has 0 aliphatic heterocycles. The van der Waals surface area contributed by atoms with Gasteiger partial charge >= 0.3 is 6.18 Å². The lowest BCUT2D eigenvalue weighted by atomic mass is 10.2. The first kappa shape index (κ1) is 18.0. The summed E-state index contributed by atoms with van der Waals surface area (Å²) in [7, 11) is 0. The summed E-state index contributed by atoms with van der Waals surface area (Å²) in [5.41, 5.74) is -0.775. The van der Waals surface area contributed by atoms with Crippen LogP contribution in [0.2, 0.25) is 5.02 Å². The highest BCUT2D eigenvalue weighted by atomic mass is 35.5. The van der Waals surface area contributed by atoms with Crippen molar-refractivity contribution in [3.63, 3.8) is 0 Å². The van der Waals surface area contributed by atoms with E-state index in [0.717, 1.165) is 12.1 Å². The first-order valence-electron chi connectivity index (χ1n) is 6.95. The summed E-state index contributed by atoms with van der Waals surface area (Å²) in [4.78, 5) is 11.5. The topological polar surface area (TPSA) is 66.9 Å². The number of carbonyl (C=O) groups is 1. The summed E-state index contributed by atoms with van der Waals surface area (Å²) in [5.74, 6) is 0.0660. The van der Waals surface area contributed by atoms with Crippen LogP contribution in [0.15, 0.2) is 30.3 Å². The van der Waals surface area contributed by atoms with Gasteiger partial charge in [0.05, 0.1) is 10.6 Å². The van der Waals surface area contributed by atoms with Gasteiger partial charge in [0.1, 0.15) is 0 Å². The normalized spacial score (nSPS) is 11.5. The van der Waals surface area contributed by atoms with Crippen molar-refractivity contribution in [1.29, 1.82) is 0 Å². The third-order valence-corrected chi connectivity index (χ3v) is 3.31. The van der Waals surface area contributed by atoms with E-state index in [1.54, 1.807) is 13.8 Å². The fraction of sp³-hybridized carbons (Fsp3) is 0.267. The van der Waals surface area contributed by atoms with E-state index in [1.165, 1.54) is 18.2 Å². The Morgan fingerprint density at radius 2 is 1.75 bits per heavy atom. The Morgan fingerprint density at radius 3 is 2.29 bits per heavy atom. The average Bonchev–Trinajstić information content (AvgIpc) is 2.50. The summed E-state index contributed by atoms with van der Waals surface area (Å²) in [6, 6.07) is 6.42. The zero-order chi connectivity index (χ0) is 17.9. The molecule has 0 aliphatic rings. The monoisotopic (exact) mass is 358 g/mol. The molecule has 1 aromatic carbocycles. The lowest BCUT2D eigenvalue weighted by Gasteiger charge is -2.12. The number of amides is 1. The van der Waals surface area contributed by atoms with E-state index < -0.39 is 11.7 Å². The van der Waals surface area contributed by atoms with Gasteiger partial charge in [0, 0.05) is 11.6 Å². The second-order valence-electron chi connectivity index (χ2n) is 5.27. The zero-order valence-electron chi connectivity index (χ0n) is 12.8. The van der Waals surface area contributed by atoms with Crippen LogP contribution in [0, 0.1) is 5.92 Å². The number of nitrogens with one attached hydrogen (secondary N) is 2. The molecular weight excluding hydrogens is 345 g/mol. The average molecular weight is 359 g/mol. The molecule has 0 atom stereocenters. The summed E-state index contributed by atoms with van der Waals surface area (Å²) < 4.78 is 38.5. The van der Waals surface area contributed by atoms with E-state index >= 15 is 0 Å². The Morgan fingerprint density at radius 1 is 1.12 bits per heavy atom. The number of nitrogens with zero attached hydrogens (tertiary/aromatic N) is 2. The van der Waals surface area contributed by atoms with E-state index in [1.807, 2.05) is 0 Å². The molecule has 0 saturated heterocycles. The highest BCUT2D eigenvalue weighted by Crippen LogP contribution is 2.36. The van der Waals surface area contributed by atoms with E-state index in [0.29, 0.717) is 0 Å². The van der Waals surface area contributed by atoms with Crippen LogP contribution in [0.25, 0.3) is 0 Å². The largest absolute Gasteiger partial charge is 0.417 e. The molecule has 0 saturated carbocycles. The highest BCUT2D eigenvalue weighted by molar-refractivity contribution is 6.31. The molecule has 5 nitrogen and oxygen atoms in total. The van der Waals surface area contributed by atoms with Crippen LogP contribution >= 0.6 is 11.6 Å². The molecule has 0 bridgehead atoms. The van der Waals surface area contributed by atoms with E-state index in [9.17, 15) is 18.0 Å². The maximum absolute atomic E-state index is 12.8. The van der Waals surface area contributed by atoms with Crippen LogP contribution < -0.4 is 10.6 Å². The fourth-order valence-corrected chi connectivity index (χ4v) is 1.93. The van der Waals surface area contributed by atoms with E-state index in [4.69, 9.17) is 11.6 Å². The smallest absolute Gasteiger partial charge is 0.339 e. The van der Waals surface area contributed by atoms with Crippen LogP contribution in [0.4, 0.5) is 30.5 Å². The van der Waals surface area contributed by atoms with Crippen molar-refractivity contribution in [2.45, 2.75) is 20.0 Å². The molecule has 0 unspecified atom stereocenters. The Labute approximate surface area is 141 Å². The molecule has 0 radical (unpaired) electrons. The van der Waals surface area contributed by atoms with Crippen molar-refractivity contribution in [1.82, 2.24) is 10.2 Å². The van der Waals surface area contributed by atoms with Gasteiger partial charge in [-0.05, 0) is 30.3 Å². The third kappa shape index (κ3) is 4.58. The van der Waals surface area contributed by atoms with Crippen molar-refractivity contribution in [2.24, 2.45) is 5.92 Å².